The third kappa shape index (κ3) is 4.92. The number of carbonyl (C=O) groups is 2. The number of primary amides is 1. The third-order valence-electron chi connectivity index (χ3n) is 7.04. The summed E-state index contributed by atoms with van der Waals surface area (Å²) in [5, 5.41) is 11.8. The van der Waals surface area contributed by atoms with E-state index in [0.717, 1.165) is 31.2 Å². The minimum Gasteiger partial charge on any atom is -0.375 e. The Morgan fingerprint density at radius 3 is 2.09 bits per heavy atom. The average molecular weight is 464 g/mol. The maximum absolute atomic E-state index is 13.6. The molecule has 1 heterocycles. The van der Waals surface area contributed by atoms with Gasteiger partial charge in [-0.3, -0.25) is 9.59 Å². The second-order valence-electron chi connectivity index (χ2n) is 9.13. The summed E-state index contributed by atoms with van der Waals surface area (Å²) in [7, 11) is 0. The molecule has 1 saturated heterocycles. The normalized spacial score (nSPS) is 19.1. The van der Waals surface area contributed by atoms with Crippen LogP contribution in [-0.4, -0.2) is 58.9 Å². The Kier molecular flexibility index (Phi) is 7.17. The molecule has 8 nitrogen and oxygen atoms in total. The van der Waals surface area contributed by atoms with E-state index in [9.17, 15) is 14.7 Å². The molecule has 2 amide bonds. The molecule has 0 spiro atoms. The molecule has 0 radical (unpaired) electrons. The summed E-state index contributed by atoms with van der Waals surface area (Å²) in [6.07, 6.45) is 3.80. The van der Waals surface area contributed by atoms with Gasteiger partial charge in [0.05, 0.1) is 6.54 Å². The first-order valence-electron chi connectivity index (χ1n) is 11.9. The first-order valence-corrected chi connectivity index (χ1v) is 11.9. The lowest BCUT2D eigenvalue weighted by Gasteiger charge is -2.41. The lowest BCUT2D eigenvalue weighted by Crippen LogP contribution is -2.58. The van der Waals surface area contributed by atoms with Crippen LogP contribution in [0.25, 0.3) is 0 Å². The molecule has 2 fully saturated rings. The molecule has 1 unspecified atom stereocenters. The molecule has 0 bridgehead atoms. The molecule has 1 aliphatic carbocycles. The summed E-state index contributed by atoms with van der Waals surface area (Å²) in [5.41, 5.74) is 12.1. The van der Waals surface area contributed by atoms with E-state index in [2.05, 4.69) is 4.99 Å². The van der Waals surface area contributed by atoms with Crippen molar-refractivity contribution >= 4 is 17.8 Å². The number of aliphatic hydroxyl groups is 1. The highest BCUT2D eigenvalue weighted by Crippen LogP contribution is 2.42. The van der Waals surface area contributed by atoms with Gasteiger partial charge in [0, 0.05) is 37.7 Å². The Bertz CT molecular complexity index is 1030. The van der Waals surface area contributed by atoms with Gasteiger partial charge in [-0.25, -0.2) is 4.99 Å². The third-order valence-corrected chi connectivity index (χ3v) is 7.04. The van der Waals surface area contributed by atoms with E-state index in [4.69, 9.17) is 11.5 Å². The molecule has 5 N–H and O–H groups in total. The fraction of sp³-hybridized carbons (Fsp3) is 0.423. The van der Waals surface area contributed by atoms with E-state index >= 15 is 0 Å². The number of amides is 2. The molecule has 8 heteroatoms. The topological polar surface area (TPSA) is 125 Å². The summed E-state index contributed by atoms with van der Waals surface area (Å²) in [6, 6.07) is 16.3. The Morgan fingerprint density at radius 1 is 0.912 bits per heavy atom. The van der Waals surface area contributed by atoms with Crippen LogP contribution in [0.1, 0.15) is 47.2 Å². The van der Waals surface area contributed by atoms with Crippen LogP contribution < -0.4 is 11.5 Å². The predicted molar refractivity (Wildman–Crippen MR) is 131 cm³/mol. The quantitative estimate of drug-likeness (QED) is 0.445. The van der Waals surface area contributed by atoms with E-state index in [1.54, 1.807) is 29.2 Å². The minimum atomic E-state index is -1.49. The fourth-order valence-corrected chi connectivity index (χ4v) is 5.00. The second kappa shape index (κ2) is 10.3. The van der Waals surface area contributed by atoms with Gasteiger partial charge in [-0.05, 0) is 36.1 Å². The first-order chi connectivity index (χ1) is 16.4. The van der Waals surface area contributed by atoms with Crippen molar-refractivity contribution in [2.45, 2.75) is 37.8 Å². The van der Waals surface area contributed by atoms with Gasteiger partial charge in [-0.1, -0.05) is 55.3 Å². The van der Waals surface area contributed by atoms with Gasteiger partial charge < -0.3 is 26.4 Å². The van der Waals surface area contributed by atoms with Crippen LogP contribution in [0.2, 0.25) is 0 Å². The van der Waals surface area contributed by atoms with Gasteiger partial charge >= 0.3 is 0 Å². The van der Waals surface area contributed by atoms with E-state index in [1.807, 2.05) is 35.2 Å². The summed E-state index contributed by atoms with van der Waals surface area (Å²) in [5.74, 6) is -0.322. The fourth-order valence-electron chi connectivity index (χ4n) is 5.00. The predicted octanol–water partition coefficient (Wildman–Crippen LogP) is 1.82. The number of piperazine rings is 1. The van der Waals surface area contributed by atoms with Gasteiger partial charge in [-0.15, -0.1) is 0 Å². The van der Waals surface area contributed by atoms with Crippen LogP contribution in [0.15, 0.2) is 59.6 Å². The van der Waals surface area contributed by atoms with Gasteiger partial charge in [0.15, 0.2) is 11.6 Å². The zero-order valence-corrected chi connectivity index (χ0v) is 19.4. The van der Waals surface area contributed by atoms with E-state index in [-0.39, 0.29) is 11.8 Å². The zero-order valence-electron chi connectivity index (χ0n) is 19.4. The number of nitrogens with zero attached hydrogens (tertiary/aromatic N) is 3. The number of nitrogens with two attached hydrogens (primary N) is 2. The van der Waals surface area contributed by atoms with Crippen molar-refractivity contribution in [3.05, 3.63) is 71.3 Å². The van der Waals surface area contributed by atoms with Crippen molar-refractivity contribution in [3.8, 4) is 0 Å². The number of benzene rings is 2. The molecule has 180 valence electrons. The number of carbonyl (C=O) groups excluding carboxylic acids is 2. The Labute approximate surface area is 200 Å². The van der Waals surface area contributed by atoms with E-state index in [1.165, 1.54) is 0 Å². The van der Waals surface area contributed by atoms with Gasteiger partial charge in [0.2, 0.25) is 5.91 Å². The van der Waals surface area contributed by atoms with Gasteiger partial charge in [0.25, 0.3) is 5.91 Å². The SMILES string of the molecule is NC(=O)c1ccc(CN=C(N)N2CCN(C(=O)C(O)(c3ccccc3)C3CCCC3)CC2)cc1. The van der Waals surface area contributed by atoms with Crippen molar-refractivity contribution < 1.29 is 14.7 Å². The number of aliphatic imine (C=N–C) groups is 1. The van der Waals surface area contributed by atoms with Crippen LogP contribution in [0.3, 0.4) is 0 Å². The van der Waals surface area contributed by atoms with Crippen LogP contribution in [-0.2, 0) is 16.9 Å². The molecule has 1 saturated carbocycles. The second-order valence-corrected chi connectivity index (χ2v) is 9.13. The van der Waals surface area contributed by atoms with Crippen molar-refractivity contribution in [2.24, 2.45) is 22.4 Å². The first kappa shape index (κ1) is 23.8. The molecule has 1 atom stereocenters. The summed E-state index contributed by atoms with van der Waals surface area (Å²) >= 11 is 0. The molecule has 34 heavy (non-hydrogen) atoms. The van der Waals surface area contributed by atoms with Crippen molar-refractivity contribution in [3.63, 3.8) is 0 Å². The maximum Gasteiger partial charge on any atom is 0.259 e. The summed E-state index contributed by atoms with van der Waals surface area (Å²) in [4.78, 5) is 33.0. The highest BCUT2D eigenvalue weighted by atomic mass is 16.3. The molecule has 2 aromatic carbocycles. The Hall–Kier alpha value is -3.39. The molecule has 4 rings (SSSR count). The minimum absolute atomic E-state index is 0.0620. The molecular weight excluding hydrogens is 430 g/mol. The van der Waals surface area contributed by atoms with E-state index < -0.39 is 11.5 Å². The number of rotatable bonds is 6. The van der Waals surface area contributed by atoms with Crippen molar-refractivity contribution in [1.29, 1.82) is 0 Å². The lowest BCUT2D eigenvalue weighted by atomic mass is 9.79. The molecule has 2 aliphatic rings. The molecule has 1 aliphatic heterocycles. The summed E-state index contributed by atoms with van der Waals surface area (Å²) in [6.45, 7) is 2.45. The lowest BCUT2D eigenvalue weighted by molar-refractivity contribution is -0.160. The zero-order chi connectivity index (χ0) is 24.1. The molecule has 2 aromatic rings. The van der Waals surface area contributed by atoms with Crippen LogP contribution in [0.5, 0.6) is 0 Å². The van der Waals surface area contributed by atoms with Crippen LogP contribution in [0, 0.1) is 5.92 Å². The van der Waals surface area contributed by atoms with E-state index in [0.29, 0.717) is 49.8 Å². The maximum atomic E-state index is 13.6. The van der Waals surface area contributed by atoms with Crippen LogP contribution >= 0.6 is 0 Å². The largest absolute Gasteiger partial charge is 0.375 e. The monoisotopic (exact) mass is 463 g/mol. The van der Waals surface area contributed by atoms with Crippen LogP contribution in [0.4, 0.5) is 0 Å². The number of hydrogen-bond acceptors (Lipinski definition) is 4. The Balaban J connectivity index is 1.39. The van der Waals surface area contributed by atoms with Gasteiger partial charge in [-0.2, -0.15) is 0 Å². The molecule has 0 aromatic heterocycles. The number of hydrogen-bond donors (Lipinski definition) is 3. The average Bonchev–Trinajstić information content (AvgIpc) is 3.43. The highest BCUT2D eigenvalue weighted by molar-refractivity contribution is 5.92. The smallest absolute Gasteiger partial charge is 0.259 e. The van der Waals surface area contributed by atoms with Crippen molar-refractivity contribution in [2.75, 3.05) is 26.2 Å². The van der Waals surface area contributed by atoms with Gasteiger partial charge in [0.1, 0.15) is 0 Å². The standard InChI is InChI=1S/C26H33N5O3/c27-23(32)20-12-10-19(11-13-20)18-29-25(28)31-16-14-30(15-17-31)24(33)26(34,22-8-4-5-9-22)21-6-2-1-3-7-21/h1-3,6-7,10-13,22,34H,4-5,8-9,14-18H2,(H2,27,32)(H2,28,29). The summed E-state index contributed by atoms with van der Waals surface area (Å²) < 4.78 is 0. The number of guanidine groups is 1. The highest BCUT2D eigenvalue weighted by Gasteiger charge is 2.48. The molecular formula is C26H33N5O3. The van der Waals surface area contributed by atoms with Crippen molar-refractivity contribution in [1.82, 2.24) is 9.80 Å². The Morgan fingerprint density at radius 2 is 1.50 bits per heavy atom.